The monoisotopic (exact) mass is 421 g/mol. The number of hydrogen-bond donors (Lipinski definition) is 1. The van der Waals surface area contributed by atoms with Crippen LogP contribution in [0.5, 0.6) is 5.75 Å². The second kappa shape index (κ2) is 9.25. The molecule has 4 rings (SSSR count). The lowest BCUT2D eigenvalue weighted by Gasteiger charge is -2.35. The summed E-state index contributed by atoms with van der Waals surface area (Å²) in [4.78, 5) is 19.4. The third kappa shape index (κ3) is 4.50. The van der Waals surface area contributed by atoms with Gasteiger partial charge in [-0.1, -0.05) is 6.92 Å². The number of aromatic nitrogens is 1. The summed E-state index contributed by atoms with van der Waals surface area (Å²) in [5, 5.41) is 6.39. The van der Waals surface area contributed by atoms with E-state index in [1.807, 2.05) is 41.6 Å². The van der Waals surface area contributed by atoms with E-state index in [1.165, 1.54) is 24.2 Å². The van der Waals surface area contributed by atoms with Gasteiger partial charge < -0.3 is 15.0 Å². The van der Waals surface area contributed by atoms with Crippen LogP contribution in [0.15, 0.2) is 29.6 Å². The number of nitrogens with one attached hydrogen (secondary N) is 1. The van der Waals surface area contributed by atoms with E-state index < -0.39 is 0 Å². The number of thiazole rings is 1. The second-order valence-electron chi connectivity index (χ2n) is 7.59. The molecule has 2 fully saturated rings. The summed E-state index contributed by atoms with van der Waals surface area (Å²) >= 11 is 1.52. The van der Waals surface area contributed by atoms with Gasteiger partial charge in [-0.2, -0.15) is 0 Å². The van der Waals surface area contributed by atoms with Crippen LogP contribution in [0, 0.1) is 0 Å². The normalized spacial score (nSPS) is 23.1. The molecule has 152 valence electrons. The number of halogens is 1. The molecule has 2 unspecified atom stereocenters. The van der Waals surface area contributed by atoms with E-state index in [0.29, 0.717) is 23.8 Å². The van der Waals surface area contributed by atoms with Crippen molar-refractivity contribution in [3.05, 3.63) is 35.3 Å². The number of hydrogen-bond acceptors (Lipinski definition) is 5. The summed E-state index contributed by atoms with van der Waals surface area (Å²) in [5.41, 5.74) is 1.57. The van der Waals surface area contributed by atoms with Crippen molar-refractivity contribution < 1.29 is 9.53 Å². The Balaban J connectivity index is 0.00000225. The first-order valence-corrected chi connectivity index (χ1v) is 10.7. The predicted octanol–water partition coefficient (Wildman–Crippen LogP) is 4.38. The van der Waals surface area contributed by atoms with Gasteiger partial charge in [0.15, 0.2) is 0 Å². The molecule has 0 aliphatic carbocycles. The molecule has 1 aromatic carbocycles. The number of piperidine rings is 1. The van der Waals surface area contributed by atoms with Crippen molar-refractivity contribution >= 4 is 29.7 Å². The maximum atomic E-state index is 12.9. The van der Waals surface area contributed by atoms with Gasteiger partial charge >= 0.3 is 0 Å². The summed E-state index contributed by atoms with van der Waals surface area (Å²) in [6, 6.07) is 9.40. The van der Waals surface area contributed by atoms with E-state index >= 15 is 0 Å². The minimum Gasteiger partial charge on any atom is -0.494 e. The molecule has 1 amide bonds. The molecule has 3 heterocycles. The zero-order valence-corrected chi connectivity index (χ0v) is 18.0. The summed E-state index contributed by atoms with van der Waals surface area (Å²) in [6.07, 6.45) is 5.57. The summed E-state index contributed by atoms with van der Waals surface area (Å²) in [5.74, 6) is 0.903. The smallest absolute Gasteiger partial charge is 0.273 e. The van der Waals surface area contributed by atoms with Crippen LogP contribution in [-0.4, -0.2) is 47.6 Å². The van der Waals surface area contributed by atoms with E-state index in [-0.39, 0.29) is 18.3 Å². The molecule has 2 atom stereocenters. The topological polar surface area (TPSA) is 54.5 Å². The van der Waals surface area contributed by atoms with Crippen LogP contribution < -0.4 is 10.1 Å². The number of carbonyl (C=O) groups is 1. The van der Waals surface area contributed by atoms with Crippen molar-refractivity contribution in [1.29, 1.82) is 0 Å². The number of benzene rings is 1. The van der Waals surface area contributed by atoms with Crippen LogP contribution in [0.4, 0.5) is 0 Å². The lowest BCUT2D eigenvalue weighted by molar-refractivity contribution is 0.0676. The lowest BCUT2D eigenvalue weighted by atomic mass is 9.98. The highest BCUT2D eigenvalue weighted by molar-refractivity contribution is 7.13. The summed E-state index contributed by atoms with van der Waals surface area (Å²) in [6.45, 7) is 2.81. The molecule has 5 nitrogen and oxygen atoms in total. The van der Waals surface area contributed by atoms with Crippen LogP contribution in [0.1, 0.15) is 49.5 Å². The fourth-order valence-electron chi connectivity index (χ4n) is 4.11. The van der Waals surface area contributed by atoms with E-state index in [2.05, 4.69) is 17.2 Å². The van der Waals surface area contributed by atoms with Gasteiger partial charge in [0.1, 0.15) is 16.5 Å². The minimum absolute atomic E-state index is 0. The van der Waals surface area contributed by atoms with Crippen molar-refractivity contribution in [2.75, 3.05) is 13.7 Å². The molecule has 2 saturated heterocycles. The number of carbonyl (C=O) groups excluding carboxylic acids is 1. The first-order valence-electron chi connectivity index (χ1n) is 9.86. The molecule has 2 aromatic rings. The Morgan fingerprint density at radius 2 is 1.93 bits per heavy atom. The highest BCUT2D eigenvalue weighted by Gasteiger charge is 2.36. The van der Waals surface area contributed by atoms with Crippen LogP contribution in [0.25, 0.3) is 10.6 Å². The second-order valence-corrected chi connectivity index (χ2v) is 8.45. The Bertz CT molecular complexity index is 783. The molecule has 2 aliphatic rings. The van der Waals surface area contributed by atoms with Crippen LogP contribution >= 0.6 is 23.7 Å². The van der Waals surface area contributed by atoms with Crippen molar-refractivity contribution in [1.82, 2.24) is 15.2 Å². The molecular formula is C21H28ClN3O2S. The fraction of sp³-hybridized carbons (Fsp3) is 0.524. The zero-order chi connectivity index (χ0) is 18.8. The SMILES string of the molecule is CCCOc1ccc(-c2nc(C(=O)N(C)C3CC4CCC(C3)N4)cs2)cc1.Cl. The first kappa shape index (κ1) is 21.1. The molecule has 0 saturated carbocycles. The molecule has 1 N–H and O–H groups in total. The Labute approximate surface area is 176 Å². The average Bonchev–Trinajstić information content (AvgIpc) is 3.32. The Morgan fingerprint density at radius 3 is 2.57 bits per heavy atom. The zero-order valence-electron chi connectivity index (χ0n) is 16.4. The van der Waals surface area contributed by atoms with Crippen LogP contribution in [0.3, 0.4) is 0 Å². The van der Waals surface area contributed by atoms with Crippen molar-refractivity contribution in [2.45, 2.75) is 57.2 Å². The molecule has 2 bridgehead atoms. The maximum Gasteiger partial charge on any atom is 0.273 e. The van der Waals surface area contributed by atoms with Gasteiger partial charge in [0, 0.05) is 36.1 Å². The van der Waals surface area contributed by atoms with E-state index in [4.69, 9.17) is 4.74 Å². The average molecular weight is 422 g/mol. The van der Waals surface area contributed by atoms with Gasteiger partial charge in [-0.25, -0.2) is 4.98 Å². The fourth-order valence-corrected chi connectivity index (χ4v) is 4.91. The van der Waals surface area contributed by atoms with Crippen LogP contribution in [-0.2, 0) is 0 Å². The van der Waals surface area contributed by atoms with Gasteiger partial charge in [0.25, 0.3) is 5.91 Å². The third-order valence-corrected chi connectivity index (χ3v) is 6.51. The number of rotatable bonds is 6. The molecule has 0 radical (unpaired) electrons. The minimum atomic E-state index is 0. The standard InChI is InChI=1S/C21H27N3O2S.ClH/c1-3-10-26-18-8-4-14(5-9-18)20-23-19(13-27-20)21(25)24(2)17-11-15-6-7-16(12-17)22-15;/h4-5,8-9,13,15-17,22H,3,6-7,10-12H2,1-2H3;1H. The molecule has 7 heteroatoms. The van der Waals surface area contributed by atoms with Crippen LogP contribution in [0.2, 0.25) is 0 Å². The number of nitrogens with zero attached hydrogens (tertiary/aromatic N) is 2. The van der Waals surface area contributed by atoms with Crippen molar-refractivity contribution in [3.8, 4) is 16.3 Å². The quantitative estimate of drug-likeness (QED) is 0.752. The van der Waals surface area contributed by atoms with Gasteiger partial charge in [0.05, 0.1) is 6.61 Å². The maximum absolute atomic E-state index is 12.9. The third-order valence-electron chi connectivity index (χ3n) is 5.61. The number of ether oxygens (including phenoxy) is 1. The Kier molecular flexibility index (Phi) is 6.96. The first-order chi connectivity index (χ1) is 13.1. The Hall–Kier alpha value is -1.63. The molecule has 1 aromatic heterocycles. The van der Waals surface area contributed by atoms with Crippen molar-refractivity contribution in [2.24, 2.45) is 0 Å². The largest absolute Gasteiger partial charge is 0.494 e. The van der Waals surface area contributed by atoms with Gasteiger partial charge in [-0.15, -0.1) is 23.7 Å². The predicted molar refractivity (Wildman–Crippen MR) is 116 cm³/mol. The highest BCUT2D eigenvalue weighted by Crippen LogP contribution is 2.31. The molecule has 28 heavy (non-hydrogen) atoms. The van der Waals surface area contributed by atoms with Gasteiger partial charge in [-0.3, -0.25) is 4.79 Å². The van der Waals surface area contributed by atoms with Gasteiger partial charge in [-0.05, 0) is 56.4 Å². The van der Waals surface area contributed by atoms with E-state index in [9.17, 15) is 4.79 Å². The summed E-state index contributed by atoms with van der Waals surface area (Å²) < 4.78 is 5.63. The highest BCUT2D eigenvalue weighted by atomic mass is 35.5. The lowest BCUT2D eigenvalue weighted by Crippen LogP contribution is -2.48. The summed E-state index contributed by atoms with van der Waals surface area (Å²) in [7, 11) is 1.93. The molecular weight excluding hydrogens is 394 g/mol. The van der Waals surface area contributed by atoms with E-state index in [1.54, 1.807) is 0 Å². The molecule has 2 aliphatic heterocycles. The number of fused-ring (bicyclic) bond motifs is 2. The Morgan fingerprint density at radius 1 is 1.25 bits per heavy atom. The molecule has 0 spiro atoms. The number of amides is 1. The van der Waals surface area contributed by atoms with Crippen molar-refractivity contribution in [3.63, 3.8) is 0 Å². The van der Waals surface area contributed by atoms with E-state index in [0.717, 1.165) is 42.2 Å². The van der Waals surface area contributed by atoms with Gasteiger partial charge in [0.2, 0.25) is 0 Å².